The molecule has 1 saturated carbocycles. The van der Waals surface area contributed by atoms with E-state index in [2.05, 4.69) is 5.32 Å². The van der Waals surface area contributed by atoms with Crippen LogP contribution in [0.25, 0.3) is 0 Å². The van der Waals surface area contributed by atoms with Gasteiger partial charge in [0.15, 0.2) is 0 Å². The zero-order valence-electron chi connectivity index (χ0n) is 9.98. The number of hydrogen-bond acceptors (Lipinski definition) is 2. The first kappa shape index (κ1) is 13.8. The fraction of sp³-hybridized carbons (Fsp3) is 1.00. The standard InChI is InChI=1S/C11H21F3N2/c1-3-4-10(7-15-2)16(9-5-6-9)8-11(12,13)14/h9-10,15H,3-8H2,1-2H3. The Morgan fingerprint density at radius 3 is 2.38 bits per heavy atom. The molecule has 0 radical (unpaired) electrons. The maximum atomic E-state index is 12.5. The van der Waals surface area contributed by atoms with Gasteiger partial charge < -0.3 is 5.32 Å². The molecule has 1 rings (SSSR count). The Morgan fingerprint density at radius 2 is 2.00 bits per heavy atom. The molecule has 16 heavy (non-hydrogen) atoms. The molecule has 1 aliphatic rings. The fourth-order valence-electron chi connectivity index (χ4n) is 2.12. The quantitative estimate of drug-likeness (QED) is 0.732. The summed E-state index contributed by atoms with van der Waals surface area (Å²) in [5.41, 5.74) is 0. The van der Waals surface area contributed by atoms with Crippen LogP contribution in [0.4, 0.5) is 13.2 Å². The van der Waals surface area contributed by atoms with E-state index in [0.717, 1.165) is 25.7 Å². The van der Waals surface area contributed by atoms with Crippen LogP contribution in [0.1, 0.15) is 32.6 Å². The minimum atomic E-state index is -4.08. The van der Waals surface area contributed by atoms with Crippen molar-refractivity contribution in [2.75, 3.05) is 20.1 Å². The van der Waals surface area contributed by atoms with Crippen molar-refractivity contribution in [1.29, 1.82) is 0 Å². The van der Waals surface area contributed by atoms with Gasteiger partial charge in [0.05, 0.1) is 6.54 Å². The number of nitrogens with one attached hydrogen (secondary N) is 1. The molecular formula is C11H21F3N2. The molecule has 0 aliphatic heterocycles. The molecule has 1 aliphatic carbocycles. The molecule has 1 unspecified atom stereocenters. The molecule has 96 valence electrons. The van der Waals surface area contributed by atoms with E-state index in [9.17, 15) is 13.2 Å². The van der Waals surface area contributed by atoms with Crippen molar-refractivity contribution >= 4 is 0 Å². The fourth-order valence-corrected chi connectivity index (χ4v) is 2.12. The van der Waals surface area contributed by atoms with E-state index in [-0.39, 0.29) is 12.1 Å². The van der Waals surface area contributed by atoms with Gasteiger partial charge in [0.1, 0.15) is 0 Å². The number of hydrogen-bond donors (Lipinski definition) is 1. The third-order valence-electron chi connectivity index (χ3n) is 2.91. The zero-order chi connectivity index (χ0) is 12.2. The zero-order valence-corrected chi connectivity index (χ0v) is 9.98. The monoisotopic (exact) mass is 238 g/mol. The van der Waals surface area contributed by atoms with Crippen molar-refractivity contribution < 1.29 is 13.2 Å². The van der Waals surface area contributed by atoms with E-state index >= 15 is 0 Å². The summed E-state index contributed by atoms with van der Waals surface area (Å²) < 4.78 is 37.4. The Bertz CT molecular complexity index is 196. The van der Waals surface area contributed by atoms with Crippen molar-refractivity contribution in [2.24, 2.45) is 0 Å². The van der Waals surface area contributed by atoms with E-state index in [1.165, 1.54) is 0 Å². The van der Waals surface area contributed by atoms with Crippen molar-refractivity contribution in [3.63, 3.8) is 0 Å². The van der Waals surface area contributed by atoms with Gasteiger partial charge in [-0.3, -0.25) is 4.90 Å². The molecule has 1 N–H and O–H groups in total. The average Bonchev–Trinajstić information content (AvgIpc) is 2.96. The highest BCUT2D eigenvalue weighted by Crippen LogP contribution is 2.32. The van der Waals surface area contributed by atoms with E-state index in [1.54, 1.807) is 11.9 Å². The van der Waals surface area contributed by atoms with Crippen LogP contribution in [0.5, 0.6) is 0 Å². The lowest BCUT2D eigenvalue weighted by atomic mass is 10.1. The summed E-state index contributed by atoms with van der Waals surface area (Å²) in [7, 11) is 1.79. The van der Waals surface area contributed by atoms with Crippen LogP contribution in [0.15, 0.2) is 0 Å². The Balaban J connectivity index is 2.57. The number of nitrogens with zero attached hydrogens (tertiary/aromatic N) is 1. The molecular weight excluding hydrogens is 217 g/mol. The molecule has 0 spiro atoms. The molecule has 5 heteroatoms. The van der Waals surface area contributed by atoms with Gasteiger partial charge in [0, 0.05) is 18.6 Å². The average molecular weight is 238 g/mol. The first-order valence-electron chi connectivity index (χ1n) is 5.95. The Labute approximate surface area is 95.2 Å². The molecule has 1 fully saturated rings. The maximum absolute atomic E-state index is 12.5. The van der Waals surface area contributed by atoms with Gasteiger partial charge >= 0.3 is 6.18 Å². The second kappa shape index (κ2) is 5.87. The van der Waals surface area contributed by atoms with Crippen LogP contribution < -0.4 is 5.32 Å². The molecule has 0 aromatic heterocycles. The maximum Gasteiger partial charge on any atom is 0.401 e. The molecule has 0 bridgehead atoms. The van der Waals surface area contributed by atoms with Crippen LogP contribution in [0.2, 0.25) is 0 Å². The second-order valence-corrected chi connectivity index (χ2v) is 4.52. The largest absolute Gasteiger partial charge is 0.401 e. The van der Waals surface area contributed by atoms with Gasteiger partial charge in [-0.05, 0) is 26.3 Å². The lowest BCUT2D eigenvalue weighted by molar-refractivity contribution is -0.152. The van der Waals surface area contributed by atoms with Crippen molar-refractivity contribution in [3.05, 3.63) is 0 Å². The Morgan fingerprint density at radius 1 is 1.38 bits per heavy atom. The Hall–Kier alpha value is -0.290. The molecule has 0 aromatic rings. The van der Waals surface area contributed by atoms with Gasteiger partial charge in [0.25, 0.3) is 0 Å². The molecule has 0 heterocycles. The topological polar surface area (TPSA) is 15.3 Å². The molecule has 0 amide bonds. The van der Waals surface area contributed by atoms with E-state index < -0.39 is 12.7 Å². The summed E-state index contributed by atoms with van der Waals surface area (Å²) in [6.07, 6.45) is -0.497. The highest BCUT2D eigenvalue weighted by atomic mass is 19.4. The second-order valence-electron chi connectivity index (χ2n) is 4.52. The van der Waals surface area contributed by atoms with Gasteiger partial charge in [-0.25, -0.2) is 0 Å². The van der Waals surface area contributed by atoms with Crippen molar-refractivity contribution in [3.8, 4) is 0 Å². The summed E-state index contributed by atoms with van der Waals surface area (Å²) in [5, 5.41) is 2.99. The summed E-state index contributed by atoms with van der Waals surface area (Å²) in [4.78, 5) is 1.64. The SMILES string of the molecule is CCCC(CNC)N(CC(F)(F)F)C1CC1. The van der Waals surface area contributed by atoms with Crippen LogP contribution in [-0.2, 0) is 0 Å². The first-order chi connectivity index (χ1) is 7.48. The number of likely N-dealkylation sites (N-methyl/N-ethyl adjacent to an activating group) is 1. The normalized spacial score (nSPS) is 19.1. The molecule has 0 saturated heterocycles. The smallest absolute Gasteiger partial charge is 0.318 e. The van der Waals surface area contributed by atoms with E-state index in [4.69, 9.17) is 0 Å². The lowest BCUT2D eigenvalue weighted by Gasteiger charge is -2.32. The van der Waals surface area contributed by atoms with Gasteiger partial charge in [0.2, 0.25) is 0 Å². The van der Waals surface area contributed by atoms with Crippen LogP contribution in [0, 0.1) is 0 Å². The third kappa shape index (κ3) is 4.70. The number of halogens is 3. The highest BCUT2D eigenvalue weighted by Gasteiger charge is 2.40. The van der Waals surface area contributed by atoms with Gasteiger partial charge in [-0.15, -0.1) is 0 Å². The lowest BCUT2D eigenvalue weighted by Crippen LogP contribution is -2.47. The molecule has 2 nitrogen and oxygen atoms in total. The highest BCUT2D eigenvalue weighted by molar-refractivity contribution is 4.90. The predicted octanol–water partition coefficient (Wildman–Crippen LogP) is 2.40. The molecule has 1 atom stereocenters. The number of rotatable bonds is 7. The van der Waals surface area contributed by atoms with Crippen molar-refractivity contribution in [1.82, 2.24) is 10.2 Å². The first-order valence-corrected chi connectivity index (χ1v) is 5.95. The molecule has 0 aromatic carbocycles. The van der Waals surface area contributed by atoms with Crippen molar-refractivity contribution in [2.45, 2.75) is 50.9 Å². The number of alkyl halides is 3. The summed E-state index contributed by atoms with van der Waals surface area (Å²) >= 11 is 0. The van der Waals surface area contributed by atoms with Gasteiger partial charge in [-0.1, -0.05) is 13.3 Å². The summed E-state index contributed by atoms with van der Waals surface area (Å²) in [5.74, 6) is 0. The van der Waals surface area contributed by atoms with E-state index in [0.29, 0.717) is 6.54 Å². The minimum absolute atomic E-state index is 0.0177. The minimum Gasteiger partial charge on any atom is -0.318 e. The van der Waals surface area contributed by atoms with E-state index in [1.807, 2.05) is 6.92 Å². The third-order valence-corrected chi connectivity index (χ3v) is 2.91. The van der Waals surface area contributed by atoms with Crippen LogP contribution in [0.3, 0.4) is 0 Å². The van der Waals surface area contributed by atoms with Crippen LogP contribution in [-0.4, -0.2) is 43.3 Å². The Kier molecular flexibility index (Phi) is 5.05. The summed E-state index contributed by atoms with van der Waals surface area (Å²) in [6.45, 7) is 1.89. The summed E-state index contributed by atoms with van der Waals surface area (Å²) in [6, 6.07) is 0.177. The van der Waals surface area contributed by atoms with Gasteiger partial charge in [-0.2, -0.15) is 13.2 Å². The van der Waals surface area contributed by atoms with Crippen LogP contribution >= 0.6 is 0 Å². The predicted molar refractivity (Wildman–Crippen MR) is 58.4 cm³/mol.